The van der Waals surface area contributed by atoms with Gasteiger partial charge in [0.1, 0.15) is 0 Å². The molecule has 2 atom stereocenters. The zero-order valence-corrected chi connectivity index (χ0v) is 13.1. The van der Waals surface area contributed by atoms with Gasteiger partial charge in [0, 0.05) is 50.0 Å². The number of ether oxygens (including phenoxy) is 1. The van der Waals surface area contributed by atoms with Gasteiger partial charge in [-0.05, 0) is 31.6 Å². The molecular formula is C16H24N4O2. The number of fused-ring (bicyclic) bond motifs is 3. The number of carbonyl (C=O) groups is 1. The van der Waals surface area contributed by atoms with Crippen molar-refractivity contribution in [1.29, 1.82) is 0 Å². The minimum absolute atomic E-state index is 0.00846. The van der Waals surface area contributed by atoms with E-state index in [1.165, 1.54) is 17.7 Å². The standard InChI is InChI=1S/C16H24N4O2/c1-22-7-6-20-4-2-11(3-5-20)17-16(21)15-13-9-10-8-12(10)14(13)18-19-15/h10-12H,2-9H2,1H3,(H,17,21)(H,18,19). The first-order valence-electron chi connectivity index (χ1n) is 8.35. The summed E-state index contributed by atoms with van der Waals surface area (Å²) in [5.74, 6) is 1.45. The number of nitrogens with one attached hydrogen (secondary N) is 2. The monoisotopic (exact) mass is 304 g/mol. The third-order valence-corrected chi connectivity index (χ3v) is 5.41. The molecule has 1 saturated carbocycles. The fourth-order valence-electron chi connectivity index (χ4n) is 3.94. The highest BCUT2D eigenvalue weighted by molar-refractivity contribution is 5.94. The van der Waals surface area contributed by atoms with Crippen molar-refractivity contribution in [3.8, 4) is 0 Å². The predicted molar refractivity (Wildman–Crippen MR) is 81.9 cm³/mol. The number of amides is 1. The highest BCUT2D eigenvalue weighted by Crippen LogP contribution is 2.55. The van der Waals surface area contributed by atoms with Crippen LogP contribution in [0.3, 0.4) is 0 Å². The SMILES string of the molecule is COCCN1CCC(NC(=O)c2n[nH]c3c2CC2CC32)CC1. The number of hydrogen-bond acceptors (Lipinski definition) is 4. The van der Waals surface area contributed by atoms with Crippen LogP contribution in [0.4, 0.5) is 0 Å². The van der Waals surface area contributed by atoms with Gasteiger partial charge in [-0.1, -0.05) is 0 Å². The van der Waals surface area contributed by atoms with Gasteiger partial charge in [0.05, 0.1) is 6.61 Å². The highest BCUT2D eigenvalue weighted by Gasteiger charge is 2.48. The van der Waals surface area contributed by atoms with E-state index in [9.17, 15) is 4.79 Å². The molecule has 0 spiro atoms. The molecule has 120 valence electrons. The van der Waals surface area contributed by atoms with Crippen LogP contribution in [0.25, 0.3) is 0 Å². The summed E-state index contributed by atoms with van der Waals surface area (Å²) in [7, 11) is 1.74. The van der Waals surface area contributed by atoms with E-state index in [1.807, 2.05) is 0 Å². The summed E-state index contributed by atoms with van der Waals surface area (Å²) in [5, 5.41) is 10.5. The third-order valence-electron chi connectivity index (χ3n) is 5.41. The normalized spacial score (nSPS) is 27.5. The van der Waals surface area contributed by atoms with Crippen LogP contribution in [0.5, 0.6) is 0 Å². The largest absolute Gasteiger partial charge is 0.383 e. The first-order chi connectivity index (χ1) is 10.8. The predicted octanol–water partition coefficient (Wildman–Crippen LogP) is 0.910. The molecule has 6 nitrogen and oxygen atoms in total. The number of carbonyl (C=O) groups excluding carboxylic acids is 1. The van der Waals surface area contributed by atoms with E-state index in [0.29, 0.717) is 11.6 Å². The van der Waals surface area contributed by atoms with Gasteiger partial charge in [0.25, 0.3) is 5.91 Å². The van der Waals surface area contributed by atoms with Gasteiger partial charge in [0.15, 0.2) is 5.69 Å². The second kappa shape index (κ2) is 5.66. The molecule has 1 saturated heterocycles. The van der Waals surface area contributed by atoms with Crippen molar-refractivity contribution in [2.24, 2.45) is 5.92 Å². The van der Waals surface area contributed by atoms with Gasteiger partial charge in [-0.25, -0.2) is 0 Å². The zero-order valence-electron chi connectivity index (χ0n) is 13.1. The Morgan fingerprint density at radius 2 is 2.27 bits per heavy atom. The summed E-state index contributed by atoms with van der Waals surface area (Å²) in [6.07, 6.45) is 4.32. The smallest absolute Gasteiger partial charge is 0.272 e. The summed E-state index contributed by atoms with van der Waals surface area (Å²) in [6.45, 7) is 3.81. The van der Waals surface area contributed by atoms with E-state index < -0.39 is 0 Å². The van der Waals surface area contributed by atoms with Crippen LogP contribution in [0.1, 0.15) is 46.9 Å². The second-order valence-electron chi connectivity index (χ2n) is 6.85. The molecule has 2 fully saturated rings. The number of H-pyrrole nitrogens is 1. The summed E-state index contributed by atoms with van der Waals surface area (Å²) in [5.41, 5.74) is 3.05. The maximum absolute atomic E-state index is 12.5. The number of hydrogen-bond donors (Lipinski definition) is 2. The minimum Gasteiger partial charge on any atom is -0.383 e. The quantitative estimate of drug-likeness (QED) is 0.848. The Hall–Kier alpha value is -1.40. The van der Waals surface area contributed by atoms with Crippen molar-refractivity contribution in [2.45, 2.75) is 37.6 Å². The van der Waals surface area contributed by atoms with Crippen molar-refractivity contribution < 1.29 is 9.53 Å². The molecule has 1 amide bonds. The van der Waals surface area contributed by atoms with Crippen molar-refractivity contribution in [3.05, 3.63) is 17.0 Å². The Morgan fingerprint density at radius 3 is 3.05 bits per heavy atom. The van der Waals surface area contributed by atoms with Crippen LogP contribution in [0.15, 0.2) is 0 Å². The number of aromatic amines is 1. The van der Waals surface area contributed by atoms with E-state index in [4.69, 9.17) is 4.74 Å². The third kappa shape index (κ3) is 2.54. The van der Waals surface area contributed by atoms with Crippen LogP contribution in [-0.4, -0.2) is 60.4 Å². The van der Waals surface area contributed by atoms with E-state index in [0.717, 1.165) is 51.4 Å². The van der Waals surface area contributed by atoms with Crippen LogP contribution in [0, 0.1) is 5.92 Å². The van der Waals surface area contributed by atoms with Crippen molar-refractivity contribution in [2.75, 3.05) is 33.4 Å². The molecule has 3 aliphatic rings. The molecule has 0 bridgehead atoms. The molecule has 2 heterocycles. The van der Waals surface area contributed by atoms with Crippen molar-refractivity contribution in [1.82, 2.24) is 20.4 Å². The second-order valence-corrected chi connectivity index (χ2v) is 6.85. The molecule has 2 aliphatic carbocycles. The number of nitrogens with zero attached hydrogens (tertiary/aromatic N) is 2. The lowest BCUT2D eigenvalue weighted by Crippen LogP contribution is -2.45. The molecule has 1 aromatic rings. The van der Waals surface area contributed by atoms with Gasteiger partial charge in [-0.2, -0.15) is 5.10 Å². The maximum atomic E-state index is 12.5. The zero-order chi connectivity index (χ0) is 15.1. The average Bonchev–Trinajstić information content (AvgIpc) is 3.01. The molecule has 4 rings (SSSR count). The fourth-order valence-corrected chi connectivity index (χ4v) is 3.94. The fraction of sp³-hybridized carbons (Fsp3) is 0.750. The van der Waals surface area contributed by atoms with Crippen molar-refractivity contribution in [3.63, 3.8) is 0 Å². The first-order valence-corrected chi connectivity index (χ1v) is 8.35. The average molecular weight is 304 g/mol. The van der Waals surface area contributed by atoms with Crippen LogP contribution < -0.4 is 5.32 Å². The van der Waals surface area contributed by atoms with Crippen molar-refractivity contribution >= 4 is 5.91 Å². The van der Waals surface area contributed by atoms with E-state index in [-0.39, 0.29) is 11.9 Å². The number of methoxy groups -OCH3 is 1. The van der Waals surface area contributed by atoms with E-state index in [1.54, 1.807) is 7.11 Å². The maximum Gasteiger partial charge on any atom is 0.272 e. The first kappa shape index (κ1) is 14.2. The lowest BCUT2D eigenvalue weighted by atomic mass is 10.0. The number of piperidine rings is 1. The van der Waals surface area contributed by atoms with E-state index in [2.05, 4.69) is 20.4 Å². The highest BCUT2D eigenvalue weighted by atomic mass is 16.5. The Kier molecular flexibility index (Phi) is 3.66. The number of likely N-dealkylation sites (tertiary alicyclic amines) is 1. The summed E-state index contributed by atoms with van der Waals surface area (Å²) >= 11 is 0. The summed E-state index contributed by atoms with van der Waals surface area (Å²) in [4.78, 5) is 14.9. The molecule has 22 heavy (non-hydrogen) atoms. The minimum atomic E-state index is 0.00846. The van der Waals surface area contributed by atoms with Gasteiger partial charge >= 0.3 is 0 Å². The Bertz CT molecular complexity index is 562. The van der Waals surface area contributed by atoms with Gasteiger partial charge in [-0.3, -0.25) is 9.89 Å². The van der Waals surface area contributed by atoms with Crippen LogP contribution >= 0.6 is 0 Å². The molecule has 2 unspecified atom stereocenters. The molecular weight excluding hydrogens is 280 g/mol. The Morgan fingerprint density at radius 1 is 1.45 bits per heavy atom. The van der Waals surface area contributed by atoms with Gasteiger partial charge < -0.3 is 15.0 Å². The number of rotatable bonds is 5. The molecule has 2 N–H and O–H groups in total. The van der Waals surface area contributed by atoms with Gasteiger partial charge in [0.2, 0.25) is 0 Å². The number of aromatic nitrogens is 2. The lowest BCUT2D eigenvalue weighted by molar-refractivity contribution is 0.0887. The molecule has 1 aromatic heterocycles. The molecule has 6 heteroatoms. The molecule has 0 aromatic carbocycles. The summed E-state index contributed by atoms with van der Waals surface area (Å²) < 4.78 is 5.12. The molecule has 0 radical (unpaired) electrons. The van der Waals surface area contributed by atoms with E-state index >= 15 is 0 Å². The van der Waals surface area contributed by atoms with Crippen LogP contribution in [-0.2, 0) is 11.2 Å². The Balaban J connectivity index is 1.31. The topological polar surface area (TPSA) is 70.2 Å². The summed E-state index contributed by atoms with van der Waals surface area (Å²) in [6, 6.07) is 0.273. The van der Waals surface area contributed by atoms with Gasteiger partial charge in [-0.15, -0.1) is 0 Å². The Labute approximate surface area is 130 Å². The van der Waals surface area contributed by atoms with Crippen LogP contribution in [0.2, 0.25) is 0 Å². The lowest BCUT2D eigenvalue weighted by Gasteiger charge is -2.32. The molecule has 1 aliphatic heterocycles.